The fourth-order valence-corrected chi connectivity index (χ4v) is 3.22. The Balaban J connectivity index is 1.76. The van der Waals surface area contributed by atoms with Crippen LogP contribution in [0.2, 0.25) is 0 Å². The van der Waals surface area contributed by atoms with Crippen molar-refractivity contribution in [2.24, 2.45) is 0 Å². The largest absolute Gasteiger partial charge is 0.496 e. The van der Waals surface area contributed by atoms with Crippen LogP contribution in [-0.2, 0) is 15.3 Å². The van der Waals surface area contributed by atoms with E-state index in [1.165, 1.54) is 11.8 Å². The Kier molecular flexibility index (Phi) is 6.58. The van der Waals surface area contributed by atoms with E-state index in [2.05, 4.69) is 10.6 Å². The molecule has 5 nitrogen and oxygen atoms in total. The van der Waals surface area contributed by atoms with Crippen molar-refractivity contribution in [3.05, 3.63) is 29.8 Å². The third-order valence-corrected chi connectivity index (χ3v) is 4.54. The van der Waals surface area contributed by atoms with Crippen molar-refractivity contribution >= 4 is 23.6 Å². The van der Waals surface area contributed by atoms with Gasteiger partial charge in [0.25, 0.3) is 0 Å². The highest BCUT2D eigenvalue weighted by Gasteiger charge is 2.22. The molecule has 2 rings (SSSR count). The number of nitrogens with one attached hydrogen (secondary N) is 2. The Morgan fingerprint density at radius 1 is 1.41 bits per heavy atom. The third-order valence-electron chi connectivity index (χ3n) is 3.55. The van der Waals surface area contributed by atoms with E-state index in [0.29, 0.717) is 18.1 Å². The standard InChI is InChI=1S/C16H22N2O3S/c1-21-14-8-3-2-6-12(14)10-22-11-15(19)18-13-7-4-5-9-17-16(13)20/h2-3,6,8,13H,4-5,7,9-11H2,1H3,(H,17,20)(H,18,19)/t13-/m0/s1. The fourth-order valence-electron chi connectivity index (χ4n) is 2.39. The molecule has 2 amide bonds. The van der Waals surface area contributed by atoms with Gasteiger partial charge in [-0.3, -0.25) is 9.59 Å². The molecule has 0 bridgehead atoms. The zero-order valence-corrected chi connectivity index (χ0v) is 13.6. The summed E-state index contributed by atoms with van der Waals surface area (Å²) >= 11 is 1.52. The Hall–Kier alpha value is -1.69. The Labute approximate surface area is 135 Å². The average molecular weight is 322 g/mol. The van der Waals surface area contributed by atoms with Crippen molar-refractivity contribution in [2.45, 2.75) is 31.1 Å². The number of rotatable bonds is 6. The minimum Gasteiger partial charge on any atom is -0.496 e. The van der Waals surface area contributed by atoms with Gasteiger partial charge in [-0.25, -0.2) is 0 Å². The summed E-state index contributed by atoms with van der Waals surface area (Å²) in [6.07, 6.45) is 2.65. The molecule has 1 aromatic rings. The minimum atomic E-state index is -0.387. The molecule has 120 valence electrons. The number of para-hydroxylation sites is 1. The van der Waals surface area contributed by atoms with Gasteiger partial charge in [0.15, 0.2) is 0 Å². The molecule has 1 atom stereocenters. The molecule has 0 aromatic heterocycles. The van der Waals surface area contributed by atoms with E-state index in [1.54, 1.807) is 7.11 Å². The van der Waals surface area contributed by atoms with Crippen molar-refractivity contribution in [1.29, 1.82) is 0 Å². The predicted molar refractivity (Wildman–Crippen MR) is 87.9 cm³/mol. The van der Waals surface area contributed by atoms with Crippen LogP contribution >= 0.6 is 11.8 Å². The number of thioether (sulfide) groups is 1. The highest BCUT2D eigenvalue weighted by atomic mass is 32.2. The molecule has 1 aromatic carbocycles. The van der Waals surface area contributed by atoms with Crippen molar-refractivity contribution in [3.63, 3.8) is 0 Å². The molecule has 1 aliphatic rings. The summed E-state index contributed by atoms with van der Waals surface area (Å²) < 4.78 is 5.29. The number of methoxy groups -OCH3 is 1. The number of amides is 2. The van der Waals surface area contributed by atoms with Gasteiger partial charge >= 0.3 is 0 Å². The Bertz CT molecular complexity index is 522. The minimum absolute atomic E-state index is 0.0689. The summed E-state index contributed by atoms with van der Waals surface area (Å²) in [5.74, 6) is 1.71. The van der Waals surface area contributed by atoms with Crippen LogP contribution < -0.4 is 15.4 Å². The van der Waals surface area contributed by atoms with Gasteiger partial charge in [-0.15, -0.1) is 11.8 Å². The third kappa shape index (κ3) is 4.94. The summed E-state index contributed by atoms with van der Waals surface area (Å²) in [5.41, 5.74) is 1.06. The lowest BCUT2D eigenvalue weighted by molar-refractivity contribution is -0.127. The molecule has 1 saturated heterocycles. The van der Waals surface area contributed by atoms with Crippen LogP contribution in [0.3, 0.4) is 0 Å². The molecule has 1 heterocycles. The average Bonchev–Trinajstić information content (AvgIpc) is 2.73. The lowest BCUT2D eigenvalue weighted by atomic mass is 10.1. The quantitative estimate of drug-likeness (QED) is 0.837. The molecule has 0 radical (unpaired) electrons. The number of benzene rings is 1. The van der Waals surface area contributed by atoms with Crippen LogP contribution in [0.4, 0.5) is 0 Å². The second-order valence-electron chi connectivity index (χ2n) is 5.21. The molecular formula is C16H22N2O3S. The molecule has 22 heavy (non-hydrogen) atoms. The first-order valence-corrected chi connectivity index (χ1v) is 8.63. The second-order valence-corrected chi connectivity index (χ2v) is 6.20. The van der Waals surface area contributed by atoms with Gasteiger partial charge in [-0.2, -0.15) is 0 Å². The van der Waals surface area contributed by atoms with E-state index in [4.69, 9.17) is 4.74 Å². The van der Waals surface area contributed by atoms with Gasteiger partial charge < -0.3 is 15.4 Å². The Morgan fingerprint density at radius 2 is 2.23 bits per heavy atom. The lowest BCUT2D eigenvalue weighted by Crippen LogP contribution is -2.46. The molecule has 2 N–H and O–H groups in total. The summed E-state index contributed by atoms with van der Waals surface area (Å²) in [4.78, 5) is 23.7. The molecule has 6 heteroatoms. The smallest absolute Gasteiger partial charge is 0.242 e. The molecule has 0 unspecified atom stereocenters. The molecule has 1 fully saturated rings. The van der Waals surface area contributed by atoms with Crippen LogP contribution in [0, 0.1) is 0 Å². The van der Waals surface area contributed by atoms with Gasteiger partial charge in [0.1, 0.15) is 11.8 Å². The zero-order chi connectivity index (χ0) is 15.8. The van der Waals surface area contributed by atoms with Gasteiger partial charge in [0.2, 0.25) is 11.8 Å². The molecule has 0 saturated carbocycles. The van der Waals surface area contributed by atoms with Gasteiger partial charge in [-0.05, 0) is 25.3 Å². The maximum absolute atomic E-state index is 12.0. The maximum Gasteiger partial charge on any atom is 0.242 e. The summed E-state index contributed by atoms with van der Waals surface area (Å²) in [6.45, 7) is 0.702. The monoisotopic (exact) mass is 322 g/mol. The lowest BCUT2D eigenvalue weighted by Gasteiger charge is -2.15. The van der Waals surface area contributed by atoms with Crippen molar-refractivity contribution < 1.29 is 14.3 Å². The molecule has 1 aliphatic heterocycles. The zero-order valence-electron chi connectivity index (χ0n) is 12.8. The van der Waals surface area contributed by atoms with E-state index in [-0.39, 0.29) is 17.9 Å². The first-order chi connectivity index (χ1) is 10.7. The van der Waals surface area contributed by atoms with Crippen LogP contribution in [0.1, 0.15) is 24.8 Å². The van der Waals surface area contributed by atoms with E-state index in [0.717, 1.165) is 30.6 Å². The first-order valence-electron chi connectivity index (χ1n) is 7.47. The molecule has 0 aliphatic carbocycles. The first kappa shape index (κ1) is 16.7. The Morgan fingerprint density at radius 3 is 3.05 bits per heavy atom. The SMILES string of the molecule is COc1ccccc1CSCC(=O)N[C@H]1CCCCNC1=O. The van der Waals surface area contributed by atoms with E-state index < -0.39 is 0 Å². The maximum atomic E-state index is 12.0. The number of carbonyl (C=O) groups is 2. The van der Waals surface area contributed by atoms with E-state index in [1.807, 2.05) is 24.3 Å². The van der Waals surface area contributed by atoms with Crippen LogP contribution in [-0.4, -0.2) is 37.3 Å². The fraction of sp³-hybridized carbons (Fsp3) is 0.500. The number of carbonyl (C=O) groups excluding carboxylic acids is 2. The van der Waals surface area contributed by atoms with Gasteiger partial charge in [-0.1, -0.05) is 18.2 Å². The van der Waals surface area contributed by atoms with Gasteiger partial charge in [0.05, 0.1) is 12.9 Å². The highest BCUT2D eigenvalue weighted by molar-refractivity contribution is 7.99. The van der Waals surface area contributed by atoms with Crippen molar-refractivity contribution in [2.75, 3.05) is 19.4 Å². The van der Waals surface area contributed by atoms with Crippen molar-refractivity contribution in [3.8, 4) is 5.75 Å². The van der Waals surface area contributed by atoms with Crippen LogP contribution in [0.25, 0.3) is 0 Å². The van der Waals surface area contributed by atoms with Crippen molar-refractivity contribution in [1.82, 2.24) is 10.6 Å². The van der Waals surface area contributed by atoms with Crippen LogP contribution in [0.15, 0.2) is 24.3 Å². The summed E-state index contributed by atoms with van der Waals surface area (Å²) in [5, 5.41) is 5.64. The molecule has 0 spiro atoms. The van der Waals surface area contributed by atoms with Crippen LogP contribution in [0.5, 0.6) is 5.75 Å². The number of ether oxygens (including phenoxy) is 1. The van der Waals surface area contributed by atoms with E-state index in [9.17, 15) is 9.59 Å². The van der Waals surface area contributed by atoms with E-state index >= 15 is 0 Å². The number of hydrogen-bond acceptors (Lipinski definition) is 4. The normalized spacial score (nSPS) is 18.2. The summed E-state index contributed by atoms with van der Waals surface area (Å²) in [7, 11) is 1.64. The number of hydrogen-bond donors (Lipinski definition) is 2. The topological polar surface area (TPSA) is 67.4 Å². The second kappa shape index (κ2) is 8.68. The summed E-state index contributed by atoms with van der Waals surface area (Å²) in [6, 6.07) is 7.38. The van der Waals surface area contributed by atoms with Gasteiger partial charge in [0, 0.05) is 17.9 Å². The highest BCUT2D eigenvalue weighted by Crippen LogP contribution is 2.22. The predicted octanol–water partition coefficient (Wildman–Crippen LogP) is 1.71. The molecular weight excluding hydrogens is 300 g/mol.